The van der Waals surface area contributed by atoms with Gasteiger partial charge < -0.3 is 14.6 Å². The molecular formula is C18H26O3. The highest BCUT2D eigenvalue weighted by Gasteiger charge is 2.70. The predicted octanol–water partition coefficient (Wildman–Crippen LogP) is 3.74. The summed E-state index contributed by atoms with van der Waals surface area (Å²) in [5.41, 5.74) is -0.420. The Bertz CT molecular complexity index is 537. The number of methoxy groups -OCH3 is 2. The Kier molecular flexibility index (Phi) is 3.07. The lowest BCUT2D eigenvalue weighted by atomic mass is 9.57. The van der Waals surface area contributed by atoms with Gasteiger partial charge in [-0.05, 0) is 37.3 Å². The molecule has 2 bridgehead atoms. The fourth-order valence-electron chi connectivity index (χ4n) is 5.09. The van der Waals surface area contributed by atoms with Crippen LogP contribution in [0.5, 0.6) is 11.5 Å². The Morgan fingerprint density at radius 1 is 1.10 bits per heavy atom. The lowest BCUT2D eigenvalue weighted by Gasteiger charge is -2.51. The second kappa shape index (κ2) is 4.39. The number of aliphatic hydroxyl groups is 1. The molecule has 1 aromatic carbocycles. The summed E-state index contributed by atoms with van der Waals surface area (Å²) < 4.78 is 11.1. The monoisotopic (exact) mass is 290 g/mol. The van der Waals surface area contributed by atoms with Crippen molar-refractivity contribution in [3.05, 3.63) is 23.8 Å². The molecule has 2 fully saturated rings. The molecule has 0 aliphatic heterocycles. The third-order valence-corrected chi connectivity index (χ3v) is 6.36. The summed E-state index contributed by atoms with van der Waals surface area (Å²) in [6, 6.07) is 5.75. The van der Waals surface area contributed by atoms with Crippen LogP contribution in [0, 0.1) is 16.7 Å². The first-order valence-corrected chi connectivity index (χ1v) is 7.75. The lowest BCUT2D eigenvalue weighted by Crippen LogP contribution is -2.51. The van der Waals surface area contributed by atoms with Crippen molar-refractivity contribution in [3.63, 3.8) is 0 Å². The van der Waals surface area contributed by atoms with Crippen LogP contribution in [0.3, 0.4) is 0 Å². The van der Waals surface area contributed by atoms with E-state index in [1.165, 1.54) is 6.42 Å². The molecule has 2 aliphatic rings. The highest BCUT2D eigenvalue weighted by Crippen LogP contribution is 2.73. The van der Waals surface area contributed by atoms with Gasteiger partial charge in [0.05, 0.1) is 19.8 Å². The fourth-order valence-corrected chi connectivity index (χ4v) is 5.09. The third-order valence-electron chi connectivity index (χ3n) is 6.36. The van der Waals surface area contributed by atoms with Crippen LogP contribution in [0.25, 0.3) is 0 Å². The number of fused-ring (bicyclic) bond motifs is 2. The highest BCUT2D eigenvalue weighted by molar-refractivity contribution is 5.52. The van der Waals surface area contributed by atoms with Crippen molar-refractivity contribution in [3.8, 4) is 11.5 Å². The van der Waals surface area contributed by atoms with E-state index in [-0.39, 0.29) is 10.8 Å². The maximum atomic E-state index is 11.9. The predicted molar refractivity (Wildman–Crippen MR) is 82.7 cm³/mol. The molecule has 0 radical (unpaired) electrons. The summed E-state index contributed by atoms with van der Waals surface area (Å²) in [5.74, 6) is 1.99. The molecule has 0 amide bonds. The van der Waals surface area contributed by atoms with Crippen LogP contribution in [0.4, 0.5) is 0 Å². The molecule has 3 heteroatoms. The molecule has 0 heterocycles. The second-order valence-electron chi connectivity index (χ2n) is 7.47. The van der Waals surface area contributed by atoms with Crippen molar-refractivity contribution in [2.75, 3.05) is 14.2 Å². The molecule has 3 rings (SSSR count). The number of rotatable bonds is 3. The molecule has 1 aromatic rings. The third kappa shape index (κ3) is 1.58. The smallest absolute Gasteiger partial charge is 0.128 e. The van der Waals surface area contributed by atoms with E-state index in [0.29, 0.717) is 5.92 Å². The van der Waals surface area contributed by atoms with Crippen LogP contribution >= 0.6 is 0 Å². The van der Waals surface area contributed by atoms with E-state index < -0.39 is 5.60 Å². The maximum absolute atomic E-state index is 11.9. The van der Waals surface area contributed by atoms with Crippen molar-refractivity contribution >= 4 is 0 Å². The van der Waals surface area contributed by atoms with Gasteiger partial charge in [-0.15, -0.1) is 0 Å². The SMILES string of the molecule is COc1cccc(OC)c1C1(O)C2(C)CCC(C2)C1(C)C. The van der Waals surface area contributed by atoms with Crippen LogP contribution in [0.2, 0.25) is 0 Å². The Morgan fingerprint density at radius 2 is 1.67 bits per heavy atom. The Morgan fingerprint density at radius 3 is 2.10 bits per heavy atom. The summed E-state index contributed by atoms with van der Waals surface area (Å²) in [6.07, 6.45) is 3.32. The van der Waals surface area contributed by atoms with Gasteiger partial charge >= 0.3 is 0 Å². The van der Waals surface area contributed by atoms with Gasteiger partial charge in [0.15, 0.2) is 0 Å². The molecule has 1 N–H and O–H groups in total. The van der Waals surface area contributed by atoms with Crippen molar-refractivity contribution in [1.82, 2.24) is 0 Å². The van der Waals surface area contributed by atoms with E-state index in [1.54, 1.807) is 14.2 Å². The molecule has 0 saturated heterocycles. The van der Waals surface area contributed by atoms with Crippen LogP contribution in [0.15, 0.2) is 18.2 Å². The van der Waals surface area contributed by atoms with Crippen LogP contribution in [0.1, 0.15) is 45.6 Å². The van der Waals surface area contributed by atoms with E-state index in [0.717, 1.165) is 29.9 Å². The molecule has 0 aromatic heterocycles. The minimum Gasteiger partial charge on any atom is -0.496 e. The van der Waals surface area contributed by atoms with E-state index >= 15 is 0 Å². The lowest BCUT2D eigenvalue weighted by molar-refractivity contribution is -0.152. The van der Waals surface area contributed by atoms with Gasteiger partial charge in [-0.25, -0.2) is 0 Å². The molecule has 2 aliphatic carbocycles. The fraction of sp³-hybridized carbons (Fsp3) is 0.667. The quantitative estimate of drug-likeness (QED) is 0.921. The van der Waals surface area contributed by atoms with Crippen molar-refractivity contribution in [2.24, 2.45) is 16.7 Å². The van der Waals surface area contributed by atoms with E-state index in [9.17, 15) is 5.11 Å². The average molecular weight is 290 g/mol. The molecule has 21 heavy (non-hydrogen) atoms. The van der Waals surface area contributed by atoms with Crippen molar-refractivity contribution in [2.45, 2.75) is 45.6 Å². The molecule has 2 saturated carbocycles. The highest BCUT2D eigenvalue weighted by atomic mass is 16.5. The minimum absolute atomic E-state index is 0.122. The van der Waals surface area contributed by atoms with E-state index in [4.69, 9.17) is 9.47 Å². The zero-order valence-electron chi connectivity index (χ0n) is 13.7. The summed E-state index contributed by atoms with van der Waals surface area (Å²) >= 11 is 0. The summed E-state index contributed by atoms with van der Waals surface area (Å²) in [7, 11) is 3.31. The van der Waals surface area contributed by atoms with Crippen LogP contribution in [-0.2, 0) is 5.60 Å². The molecule has 0 spiro atoms. The number of benzene rings is 1. The normalized spacial score (nSPS) is 36.8. The number of ether oxygens (including phenoxy) is 2. The summed E-state index contributed by atoms with van der Waals surface area (Å²) in [6.45, 7) is 6.59. The largest absolute Gasteiger partial charge is 0.496 e. The summed E-state index contributed by atoms with van der Waals surface area (Å²) in [4.78, 5) is 0. The van der Waals surface area contributed by atoms with Crippen molar-refractivity contribution < 1.29 is 14.6 Å². The van der Waals surface area contributed by atoms with Crippen LogP contribution in [-0.4, -0.2) is 19.3 Å². The minimum atomic E-state index is -0.930. The Balaban J connectivity index is 2.28. The van der Waals surface area contributed by atoms with Crippen molar-refractivity contribution in [1.29, 1.82) is 0 Å². The average Bonchev–Trinajstić information content (AvgIpc) is 2.94. The second-order valence-corrected chi connectivity index (χ2v) is 7.47. The first kappa shape index (κ1) is 14.7. The molecular weight excluding hydrogens is 264 g/mol. The molecule has 116 valence electrons. The molecule has 3 unspecified atom stereocenters. The van der Waals surface area contributed by atoms with Gasteiger partial charge in [-0.2, -0.15) is 0 Å². The van der Waals surface area contributed by atoms with Gasteiger partial charge in [0.1, 0.15) is 17.1 Å². The zero-order valence-corrected chi connectivity index (χ0v) is 13.7. The summed E-state index contributed by atoms with van der Waals surface area (Å²) in [5, 5.41) is 11.9. The topological polar surface area (TPSA) is 38.7 Å². The molecule has 3 nitrogen and oxygen atoms in total. The number of hydrogen-bond acceptors (Lipinski definition) is 3. The Labute approximate surface area is 127 Å². The van der Waals surface area contributed by atoms with E-state index in [1.807, 2.05) is 18.2 Å². The number of hydrogen-bond donors (Lipinski definition) is 1. The zero-order chi connectivity index (χ0) is 15.5. The van der Waals surface area contributed by atoms with E-state index in [2.05, 4.69) is 20.8 Å². The van der Waals surface area contributed by atoms with Crippen LogP contribution < -0.4 is 9.47 Å². The standard InChI is InChI=1S/C18H26O3/c1-16(2)12-9-10-17(3,11-12)18(16,19)15-13(20-4)7-6-8-14(15)21-5/h6-8,12,19H,9-11H2,1-5H3. The first-order chi connectivity index (χ1) is 9.81. The van der Waals surface area contributed by atoms with Gasteiger partial charge in [-0.3, -0.25) is 0 Å². The molecule has 3 atom stereocenters. The van der Waals surface area contributed by atoms with Gasteiger partial charge in [0, 0.05) is 10.8 Å². The maximum Gasteiger partial charge on any atom is 0.128 e. The first-order valence-electron chi connectivity index (χ1n) is 7.75. The van der Waals surface area contributed by atoms with Gasteiger partial charge in [0.2, 0.25) is 0 Å². The van der Waals surface area contributed by atoms with Gasteiger partial charge in [-0.1, -0.05) is 26.8 Å². The van der Waals surface area contributed by atoms with Gasteiger partial charge in [0.25, 0.3) is 0 Å². The Hall–Kier alpha value is -1.22.